The van der Waals surface area contributed by atoms with Gasteiger partial charge in [-0.1, -0.05) is 36.8 Å². The minimum atomic E-state index is 0.453. The highest BCUT2D eigenvalue weighted by Gasteiger charge is 1.92. The van der Waals surface area contributed by atoms with Gasteiger partial charge < -0.3 is 0 Å². The van der Waals surface area contributed by atoms with E-state index in [0.29, 0.717) is 6.61 Å². The zero-order valence-electron chi connectivity index (χ0n) is 7.78. The minimum Gasteiger partial charge on any atom is -0.264 e. The van der Waals surface area contributed by atoms with Gasteiger partial charge in [0.15, 0.2) is 0 Å². The van der Waals surface area contributed by atoms with Crippen molar-refractivity contribution >= 4 is 0 Å². The first-order chi connectivity index (χ1) is 6.43. The molecule has 0 aliphatic carbocycles. The fourth-order valence-corrected chi connectivity index (χ4v) is 1.32. The molecule has 0 amide bonds. The van der Waals surface area contributed by atoms with E-state index >= 15 is 0 Å². The Morgan fingerprint density at radius 1 is 1.00 bits per heavy atom. The van der Waals surface area contributed by atoms with Gasteiger partial charge in [-0.2, -0.15) is 0 Å². The van der Waals surface area contributed by atoms with E-state index in [2.05, 4.69) is 29.1 Å². The number of unbranched alkanes of at least 4 members (excludes halogenated alkanes) is 2. The third-order valence-electron chi connectivity index (χ3n) is 2.04. The van der Waals surface area contributed by atoms with Crippen LogP contribution in [0.3, 0.4) is 0 Å². The molecule has 0 unspecified atom stereocenters. The summed E-state index contributed by atoms with van der Waals surface area (Å²) in [7, 11) is 0. The Morgan fingerprint density at radius 3 is 2.46 bits per heavy atom. The number of nitrogens with zero attached hydrogens (tertiary/aromatic N) is 1. The molecule has 0 atom stereocenters. The number of hydrogen-bond donors (Lipinski definition) is 0. The smallest absolute Gasteiger partial charge is 0.0720 e. The molecule has 0 bridgehead atoms. The van der Waals surface area contributed by atoms with Crippen molar-refractivity contribution in [1.82, 2.24) is 5.90 Å². The van der Waals surface area contributed by atoms with Crippen molar-refractivity contribution in [3.8, 4) is 0 Å². The van der Waals surface area contributed by atoms with Crippen molar-refractivity contribution in [2.75, 3.05) is 6.61 Å². The first kappa shape index (κ1) is 10.2. The normalized spacial score (nSPS) is 10.2. The van der Waals surface area contributed by atoms with E-state index in [0.717, 1.165) is 25.7 Å². The van der Waals surface area contributed by atoms with Crippen LogP contribution in [0.5, 0.6) is 0 Å². The average Bonchev–Trinajstić information content (AvgIpc) is 2.19. The fourth-order valence-electron chi connectivity index (χ4n) is 1.32. The first-order valence-corrected chi connectivity index (χ1v) is 4.74. The molecule has 0 saturated heterocycles. The maximum absolute atomic E-state index is 8.08. The molecule has 13 heavy (non-hydrogen) atoms. The van der Waals surface area contributed by atoms with Crippen LogP contribution in [0.4, 0.5) is 0 Å². The quantitative estimate of drug-likeness (QED) is 0.485. The molecule has 1 aromatic carbocycles. The van der Waals surface area contributed by atoms with Crippen molar-refractivity contribution in [3.05, 3.63) is 35.9 Å². The number of benzene rings is 1. The van der Waals surface area contributed by atoms with Gasteiger partial charge in [-0.05, 0) is 24.8 Å². The van der Waals surface area contributed by atoms with Crippen molar-refractivity contribution in [2.45, 2.75) is 25.7 Å². The van der Waals surface area contributed by atoms with E-state index < -0.39 is 0 Å². The SMILES string of the molecule is [N]OCCCCCc1ccccc1. The lowest BCUT2D eigenvalue weighted by Gasteiger charge is -2.00. The molecular formula is C11H15NO. The average molecular weight is 177 g/mol. The van der Waals surface area contributed by atoms with Gasteiger partial charge in [0.1, 0.15) is 0 Å². The van der Waals surface area contributed by atoms with Gasteiger partial charge in [0, 0.05) is 5.90 Å². The number of hydrogen-bond acceptors (Lipinski definition) is 1. The lowest BCUT2D eigenvalue weighted by atomic mass is 10.1. The molecule has 0 saturated carbocycles. The van der Waals surface area contributed by atoms with Gasteiger partial charge in [0.25, 0.3) is 0 Å². The summed E-state index contributed by atoms with van der Waals surface area (Å²) in [5.74, 6) is 8.08. The lowest BCUT2D eigenvalue weighted by Crippen LogP contribution is -1.91. The predicted molar refractivity (Wildman–Crippen MR) is 52.1 cm³/mol. The molecule has 1 aromatic rings. The van der Waals surface area contributed by atoms with Gasteiger partial charge in [-0.25, -0.2) is 0 Å². The third kappa shape index (κ3) is 4.65. The van der Waals surface area contributed by atoms with E-state index in [1.165, 1.54) is 5.56 Å². The summed E-state index contributed by atoms with van der Waals surface area (Å²) in [5.41, 5.74) is 1.38. The molecule has 2 radical (unpaired) electrons. The minimum absolute atomic E-state index is 0.453. The Kier molecular flexibility index (Phi) is 5.22. The van der Waals surface area contributed by atoms with E-state index in [-0.39, 0.29) is 0 Å². The zero-order valence-corrected chi connectivity index (χ0v) is 7.78. The standard InChI is InChI=1S/C11H15NO/c12-13-10-6-2-5-9-11-7-3-1-4-8-11/h1,3-4,7-8H,2,5-6,9-10H2. The molecule has 0 spiro atoms. The van der Waals surface area contributed by atoms with Crippen LogP contribution in [0.15, 0.2) is 30.3 Å². The molecule has 0 aliphatic rings. The largest absolute Gasteiger partial charge is 0.264 e. The fraction of sp³-hybridized carbons (Fsp3) is 0.455. The van der Waals surface area contributed by atoms with E-state index in [9.17, 15) is 0 Å². The summed E-state index contributed by atoms with van der Waals surface area (Å²) in [6, 6.07) is 10.4. The van der Waals surface area contributed by atoms with Crippen LogP contribution >= 0.6 is 0 Å². The van der Waals surface area contributed by atoms with Gasteiger partial charge >= 0.3 is 0 Å². The highest BCUT2D eigenvalue weighted by molar-refractivity contribution is 5.14. The van der Waals surface area contributed by atoms with E-state index in [1.54, 1.807) is 0 Å². The Hall–Kier alpha value is -0.860. The molecule has 0 heterocycles. The Balaban J connectivity index is 2.07. The second-order valence-electron chi connectivity index (χ2n) is 3.13. The van der Waals surface area contributed by atoms with E-state index in [4.69, 9.17) is 5.90 Å². The summed E-state index contributed by atoms with van der Waals surface area (Å²) in [6.07, 6.45) is 4.32. The van der Waals surface area contributed by atoms with Crippen molar-refractivity contribution in [1.29, 1.82) is 0 Å². The van der Waals surface area contributed by atoms with Gasteiger partial charge in [-0.3, -0.25) is 4.84 Å². The third-order valence-corrected chi connectivity index (χ3v) is 2.04. The Labute approximate surface area is 79.7 Å². The summed E-state index contributed by atoms with van der Waals surface area (Å²) in [4.78, 5) is 3.99. The van der Waals surface area contributed by atoms with Gasteiger partial charge in [-0.15, -0.1) is 0 Å². The molecule has 2 nitrogen and oxygen atoms in total. The zero-order chi connectivity index (χ0) is 9.36. The molecule has 0 N–H and O–H groups in total. The van der Waals surface area contributed by atoms with Crippen LogP contribution in [0.1, 0.15) is 24.8 Å². The summed E-state index contributed by atoms with van der Waals surface area (Å²) in [6.45, 7) is 0.453. The predicted octanol–water partition coefficient (Wildman–Crippen LogP) is 2.40. The van der Waals surface area contributed by atoms with Gasteiger partial charge in [0.2, 0.25) is 0 Å². The summed E-state index contributed by atoms with van der Waals surface area (Å²) in [5, 5.41) is 0. The van der Waals surface area contributed by atoms with Crippen molar-refractivity contribution in [3.63, 3.8) is 0 Å². The van der Waals surface area contributed by atoms with E-state index in [1.807, 2.05) is 6.07 Å². The van der Waals surface area contributed by atoms with Crippen molar-refractivity contribution < 1.29 is 4.84 Å². The summed E-state index contributed by atoms with van der Waals surface area (Å²) >= 11 is 0. The van der Waals surface area contributed by atoms with Crippen LogP contribution in [-0.2, 0) is 11.3 Å². The maximum atomic E-state index is 8.08. The van der Waals surface area contributed by atoms with Gasteiger partial charge in [0.05, 0.1) is 6.61 Å². The molecular weight excluding hydrogens is 162 g/mol. The highest BCUT2D eigenvalue weighted by atomic mass is 16.6. The van der Waals surface area contributed by atoms with Crippen LogP contribution in [-0.4, -0.2) is 6.61 Å². The summed E-state index contributed by atoms with van der Waals surface area (Å²) < 4.78 is 0. The topological polar surface area (TPSA) is 31.5 Å². The van der Waals surface area contributed by atoms with Crippen LogP contribution in [0.25, 0.3) is 0 Å². The monoisotopic (exact) mass is 177 g/mol. The van der Waals surface area contributed by atoms with Crippen LogP contribution in [0, 0.1) is 0 Å². The first-order valence-electron chi connectivity index (χ1n) is 4.74. The number of rotatable bonds is 6. The molecule has 2 heteroatoms. The second kappa shape index (κ2) is 6.63. The Bertz CT molecular complexity index is 211. The van der Waals surface area contributed by atoms with Crippen LogP contribution in [0.2, 0.25) is 0 Å². The second-order valence-corrected chi connectivity index (χ2v) is 3.13. The highest BCUT2D eigenvalue weighted by Crippen LogP contribution is 2.05. The molecule has 1 rings (SSSR count). The lowest BCUT2D eigenvalue weighted by molar-refractivity contribution is 0.114. The van der Waals surface area contributed by atoms with Crippen molar-refractivity contribution in [2.24, 2.45) is 0 Å². The molecule has 70 valence electrons. The maximum Gasteiger partial charge on any atom is 0.0720 e. The number of aryl methyl sites for hydroxylation is 1. The molecule has 0 aromatic heterocycles. The molecule has 0 aliphatic heterocycles. The van der Waals surface area contributed by atoms with Crippen LogP contribution < -0.4 is 5.90 Å². The Morgan fingerprint density at radius 2 is 1.77 bits per heavy atom. The molecule has 0 fully saturated rings.